The van der Waals surface area contributed by atoms with E-state index in [0.29, 0.717) is 13.2 Å². The van der Waals surface area contributed by atoms with Crippen molar-refractivity contribution in [2.75, 3.05) is 32.8 Å². The van der Waals surface area contributed by atoms with Gasteiger partial charge in [-0.25, -0.2) is 0 Å². The molecule has 2 rings (SSSR count). The third kappa shape index (κ3) is 6.77. The number of rotatable bonds is 7. The minimum absolute atomic E-state index is 0. The molecule has 6 heteroatoms. The van der Waals surface area contributed by atoms with Crippen LogP contribution in [0.2, 0.25) is 0 Å². The van der Waals surface area contributed by atoms with Gasteiger partial charge in [0.25, 0.3) is 0 Å². The van der Waals surface area contributed by atoms with Gasteiger partial charge in [-0.3, -0.25) is 4.79 Å². The van der Waals surface area contributed by atoms with Crippen LogP contribution in [0.5, 0.6) is 5.75 Å². The number of benzene rings is 1. The molecule has 5 nitrogen and oxygen atoms in total. The number of β-amino-alcohol motifs (C(OH)–C–C–N with tert-alkyl or cyclic N) is 1. The minimum atomic E-state index is -0.528. The van der Waals surface area contributed by atoms with Gasteiger partial charge in [0, 0.05) is 6.54 Å². The lowest BCUT2D eigenvalue weighted by atomic mass is 9.97. The first-order valence-electron chi connectivity index (χ1n) is 7.94. The van der Waals surface area contributed by atoms with Crippen molar-refractivity contribution in [1.82, 2.24) is 4.90 Å². The first-order valence-corrected chi connectivity index (χ1v) is 7.94. The SMILES string of the molecule is CCOC(=O)C1CCN(CC(O)COc2ccccc2)CC1.Cl. The summed E-state index contributed by atoms with van der Waals surface area (Å²) in [6, 6.07) is 9.48. The van der Waals surface area contributed by atoms with Crippen LogP contribution in [0.25, 0.3) is 0 Å². The van der Waals surface area contributed by atoms with Crippen LogP contribution in [0.1, 0.15) is 19.8 Å². The van der Waals surface area contributed by atoms with Crippen LogP contribution in [0.4, 0.5) is 0 Å². The zero-order valence-corrected chi connectivity index (χ0v) is 14.3. The van der Waals surface area contributed by atoms with Crippen molar-refractivity contribution in [2.24, 2.45) is 5.92 Å². The highest BCUT2D eigenvalue weighted by Gasteiger charge is 2.26. The Labute approximate surface area is 144 Å². The number of carbonyl (C=O) groups is 1. The number of hydrogen-bond donors (Lipinski definition) is 1. The molecule has 1 aromatic rings. The van der Waals surface area contributed by atoms with Gasteiger partial charge in [0.1, 0.15) is 18.5 Å². The van der Waals surface area contributed by atoms with E-state index >= 15 is 0 Å². The molecule has 1 aromatic carbocycles. The van der Waals surface area contributed by atoms with Crippen LogP contribution in [0, 0.1) is 5.92 Å². The molecule has 130 valence electrons. The monoisotopic (exact) mass is 343 g/mol. The van der Waals surface area contributed by atoms with Crippen molar-refractivity contribution >= 4 is 18.4 Å². The number of aliphatic hydroxyl groups excluding tert-OH is 1. The molecular weight excluding hydrogens is 318 g/mol. The Morgan fingerprint density at radius 1 is 1.30 bits per heavy atom. The predicted molar refractivity (Wildman–Crippen MR) is 91.0 cm³/mol. The maximum Gasteiger partial charge on any atom is 0.309 e. The van der Waals surface area contributed by atoms with Crippen LogP contribution >= 0.6 is 12.4 Å². The summed E-state index contributed by atoms with van der Waals surface area (Å²) in [6.07, 6.45) is 1.07. The predicted octanol–water partition coefficient (Wildman–Crippen LogP) is 2.12. The highest BCUT2D eigenvalue weighted by Crippen LogP contribution is 2.19. The zero-order chi connectivity index (χ0) is 15.8. The summed E-state index contributed by atoms with van der Waals surface area (Å²) in [7, 11) is 0. The van der Waals surface area contributed by atoms with Gasteiger partial charge in [0.05, 0.1) is 12.5 Å². The topological polar surface area (TPSA) is 59.0 Å². The number of carbonyl (C=O) groups excluding carboxylic acids is 1. The molecule has 1 heterocycles. The molecule has 1 unspecified atom stereocenters. The molecule has 1 fully saturated rings. The molecule has 0 bridgehead atoms. The first-order chi connectivity index (χ1) is 10.7. The average molecular weight is 344 g/mol. The number of likely N-dealkylation sites (tertiary alicyclic amines) is 1. The van der Waals surface area contributed by atoms with Gasteiger partial charge in [-0.15, -0.1) is 12.4 Å². The van der Waals surface area contributed by atoms with E-state index in [1.54, 1.807) is 0 Å². The highest BCUT2D eigenvalue weighted by molar-refractivity contribution is 5.85. The van der Waals surface area contributed by atoms with Crippen LogP contribution in [0.3, 0.4) is 0 Å². The molecule has 1 saturated heterocycles. The second-order valence-electron chi connectivity index (χ2n) is 5.60. The molecule has 0 aromatic heterocycles. The maximum atomic E-state index is 11.7. The van der Waals surface area contributed by atoms with Gasteiger partial charge in [-0.1, -0.05) is 18.2 Å². The zero-order valence-electron chi connectivity index (χ0n) is 13.5. The number of aliphatic hydroxyl groups is 1. The summed E-state index contributed by atoms with van der Waals surface area (Å²) in [5, 5.41) is 10.1. The molecule has 1 aliphatic rings. The van der Waals surface area contributed by atoms with Gasteiger partial charge < -0.3 is 19.5 Å². The quantitative estimate of drug-likeness (QED) is 0.768. The number of esters is 1. The highest BCUT2D eigenvalue weighted by atomic mass is 35.5. The molecule has 1 aliphatic heterocycles. The molecule has 0 spiro atoms. The largest absolute Gasteiger partial charge is 0.491 e. The normalized spacial score (nSPS) is 17.1. The molecular formula is C17H26ClNO4. The van der Waals surface area contributed by atoms with Crippen molar-refractivity contribution in [1.29, 1.82) is 0 Å². The summed E-state index contributed by atoms with van der Waals surface area (Å²) in [4.78, 5) is 13.9. The lowest BCUT2D eigenvalue weighted by Crippen LogP contribution is -2.42. The van der Waals surface area contributed by atoms with Crippen LogP contribution in [-0.4, -0.2) is 54.9 Å². The number of para-hydroxylation sites is 1. The third-order valence-corrected chi connectivity index (χ3v) is 3.86. The van der Waals surface area contributed by atoms with Crippen molar-refractivity contribution in [3.8, 4) is 5.75 Å². The second-order valence-corrected chi connectivity index (χ2v) is 5.60. The fraction of sp³-hybridized carbons (Fsp3) is 0.588. The maximum absolute atomic E-state index is 11.7. The van der Waals surface area contributed by atoms with Gasteiger partial charge >= 0.3 is 5.97 Å². The van der Waals surface area contributed by atoms with Gasteiger partial charge in [-0.2, -0.15) is 0 Å². The summed E-state index contributed by atoms with van der Waals surface area (Å²) >= 11 is 0. The minimum Gasteiger partial charge on any atom is -0.491 e. The van der Waals surface area contributed by atoms with Gasteiger partial charge in [-0.05, 0) is 45.0 Å². The van der Waals surface area contributed by atoms with Crippen LogP contribution in [0.15, 0.2) is 30.3 Å². The van der Waals surface area contributed by atoms with Crippen LogP contribution < -0.4 is 4.74 Å². The van der Waals surface area contributed by atoms with Crippen molar-refractivity contribution in [2.45, 2.75) is 25.9 Å². The van der Waals surface area contributed by atoms with Crippen molar-refractivity contribution < 1.29 is 19.4 Å². The van der Waals surface area contributed by atoms with Gasteiger partial charge in [0.2, 0.25) is 0 Å². The summed E-state index contributed by atoms with van der Waals surface area (Å²) < 4.78 is 10.6. The van der Waals surface area contributed by atoms with Crippen molar-refractivity contribution in [3.63, 3.8) is 0 Å². The summed E-state index contributed by atoms with van der Waals surface area (Å²) in [6.45, 7) is 4.74. The van der Waals surface area contributed by atoms with E-state index in [9.17, 15) is 9.90 Å². The summed E-state index contributed by atoms with van der Waals surface area (Å²) in [5.74, 6) is 0.687. The number of hydrogen-bond acceptors (Lipinski definition) is 5. The van der Waals surface area contributed by atoms with Crippen molar-refractivity contribution in [3.05, 3.63) is 30.3 Å². The van der Waals surface area contributed by atoms with Gasteiger partial charge in [0.15, 0.2) is 0 Å². The molecule has 1 atom stereocenters. The standard InChI is InChI=1S/C17H25NO4.ClH/c1-2-21-17(20)14-8-10-18(11-9-14)12-15(19)13-22-16-6-4-3-5-7-16;/h3-7,14-15,19H,2,8-13H2,1H3;1H. The first kappa shape index (κ1) is 19.7. The number of halogens is 1. The van der Waals surface area contributed by atoms with E-state index in [1.807, 2.05) is 37.3 Å². The fourth-order valence-corrected chi connectivity index (χ4v) is 2.67. The smallest absolute Gasteiger partial charge is 0.309 e. The van der Waals surface area contributed by atoms with E-state index < -0.39 is 6.10 Å². The Morgan fingerprint density at radius 2 is 1.96 bits per heavy atom. The number of ether oxygens (including phenoxy) is 2. The van der Waals surface area contributed by atoms with E-state index in [1.165, 1.54) is 0 Å². The third-order valence-electron chi connectivity index (χ3n) is 3.86. The molecule has 1 N–H and O–H groups in total. The van der Waals surface area contributed by atoms with E-state index in [-0.39, 0.29) is 30.9 Å². The fourth-order valence-electron chi connectivity index (χ4n) is 2.67. The Balaban J connectivity index is 0.00000264. The Morgan fingerprint density at radius 3 is 2.57 bits per heavy atom. The molecule has 0 amide bonds. The van der Waals surface area contributed by atoms with E-state index in [4.69, 9.17) is 9.47 Å². The molecule has 23 heavy (non-hydrogen) atoms. The number of piperidine rings is 1. The summed E-state index contributed by atoms with van der Waals surface area (Å²) in [5.41, 5.74) is 0. The Bertz CT molecular complexity index is 449. The lowest BCUT2D eigenvalue weighted by molar-refractivity contribution is -0.149. The molecule has 0 aliphatic carbocycles. The number of nitrogens with zero attached hydrogens (tertiary/aromatic N) is 1. The second kappa shape index (κ2) is 10.5. The molecule has 0 saturated carbocycles. The van der Waals surface area contributed by atoms with E-state index in [0.717, 1.165) is 31.7 Å². The Kier molecular flexibility index (Phi) is 8.99. The average Bonchev–Trinajstić information content (AvgIpc) is 2.55. The van der Waals surface area contributed by atoms with E-state index in [2.05, 4.69) is 4.90 Å². The van der Waals surface area contributed by atoms with Crippen LogP contribution in [-0.2, 0) is 9.53 Å². The Hall–Kier alpha value is -1.30. The lowest BCUT2D eigenvalue weighted by Gasteiger charge is -2.32. The molecule has 0 radical (unpaired) electrons.